The van der Waals surface area contributed by atoms with Gasteiger partial charge in [0, 0.05) is 51.5 Å². The van der Waals surface area contributed by atoms with Gasteiger partial charge in [-0.25, -0.2) is 12.7 Å². The van der Waals surface area contributed by atoms with Crippen LogP contribution in [0.5, 0.6) is 11.5 Å². The molecule has 2 heterocycles. The van der Waals surface area contributed by atoms with Gasteiger partial charge in [-0.2, -0.15) is 0 Å². The molecule has 0 spiro atoms. The second kappa shape index (κ2) is 7.16. The van der Waals surface area contributed by atoms with Crippen LogP contribution in [0, 0.1) is 0 Å². The highest BCUT2D eigenvalue weighted by molar-refractivity contribution is 7.89. The van der Waals surface area contributed by atoms with E-state index in [1.807, 2.05) is 12.1 Å². The lowest BCUT2D eigenvalue weighted by Gasteiger charge is -2.34. The third-order valence-electron chi connectivity index (χ3n) is 4.57. The maximum atomic E-state index is 11.8. The van der Waals surface area contributed by atoms with E-state index in [-0.39, 0.29) is 5.75 Å². The van der Waals surface area contributed by atoms with Gasteiger partial charge in [-0.05, 0) is 25.0 Å². The third kappa shape index (κ3) is 3.93. The summed E-state index contributed by atoms with van der Waals surface area (Å²) in [7, 11) is 0.0133. The Morgan fingerprint density at radius 3 is 2.62 bits per heavy atom. The molecule has 24 heavy (non-hydrogen) atoms. The molecule has 1 saturated heterocycles. The fourth-order valence-corrected chi connectivity index (χ4v) is 3.74. The van der Waals surface area contributed by atoms with Gasteiger partial charge in [-0.15, -0.1) is 0 Å². The van der Waals surface area contributed by atoms with E-state index in [4.69, 9.17) is 9.47 Å². The molecule has 0 atom stereocenters. The Bertz CT molecular complexity index is 670. The number of nitrogens with one attached hydrogen (secondary N) is 1. The number of anilines is 1. The minimum Gasteiger partial charge on any atom is -0.454 e. The summed E-state index contributed by atoms with van der Waals surface area (Å²) in [6.07, 6.45) is 1.99. The Balaban J connectivity index is 1.46. The van der Waals surface area contributed by atoms with Crippen molar-refractivity contribution in [3.8, 4) is 11.5 Å². The van der Waals surface area contributed by atoms with Crippen molar-refractivity contribution in [2.75, 3.05) is 51.2 Å². The zero-order valence-electron chi connectivity index (χ0n) is 14.2. The highest BCUT2D eigenvalue weighted by Crippen LogP contribution is 2.36. The molecule has 0 unspecified atom stereocenters. The molecule has 0 aliphatic carbocycles. The van der Waals surface area contributed by atoms with E-state index in [0.717, 1.165) is 43.1 Å². The van der Waals surface area contributed by atoms with E-state index in [1.165, 1.54) is 4.31 Å². The van der Waals surface area contributed by atoms with Gasteiger partial charge in [0.15, 0.2) is 11.5 Å². The summed E-state index contributed by atoms with van der Waals surface area (Å²) in [6, 6.07) is 6.41. The van der Waals surface area contributed by atoms with Crippen molar-refractivity contribution in [3.05, 3.63) is 18.2 Å². The minimum atomic E-state index is -3.12. The molecule has 7 nitrogen and oxygen atoms in total. The zero-order valence-corrected chi connectivity index (χ0v) is 15.0. The first-order valence-corrected chi connectivity index (χ1v) is 9.85. The van der Waals surface area contributed by atoms with Gasteiger partial charge in [-0.1, -0.05) is 0 Å². The number of nitrogens with zero attached hydrogens (tertiary/aromatic N) is 2. The fourth-order valence-electron chi connectivity index (χ4n) is 3.00. The normalized spacial score (nSPS) is 18.4. The van der Waals surface area contributed by atoms with Gasteiger partial charge in [-0.3, -0.25) is 0 Å². The van der Waals surface area contributed by atoms with E-state index in [0.29, 0.717) is 19.4 Å². The van der Waals surface area contributed by atoms with Crippen molar-refractivity contribution in [1.29, 1.82) is 0 Å². The van der Waals surface area contributed by atoms with Crippen LogP contribution in [0.4, 0.5) is 5.69 Å². The van der Waals surface area contributed by atoms with Crippen LogP contribution in [0.2, 0.25) is 0 Å². The van der Waals surface area contributed by atoms with E-state index in [2.05, 4.69) is 16.3 Å². The topological polar surface area (TPSA) is 71.1 Å². The van der Waals surface area contributed by atoms with Crippen LogP contribution in [0.1, 0.15) is 12.8 Å². The van der Waals surface area contributed by atoms with Crippen LogP contribution >= 0.6 is 0 Å². The Kier molecular flexibility index (Phi) is 5.17. The van der Waals surface area contributed by atoms with Crippen LogP contribution < -0.4 is 19.7 Å². The molecule has 1 N–H and O–H groups in total. The second-order valence-electron chi connectivity index (χ2n) is 6.35. The summed E-state index contributed by atoms with van der Waals surface area (Å²) in [4.78, 5) is 2.33. The lowest BCUT2D eigenvalue weighted by Crippen LogP contribution is -2.44. The van der Waals surface area contributed by atoms with Crippen molar-refractivity contribution in [2.45, 2.75) is 18.9 Å². The predicted molar refractivity (Wildman–Crippen MR) is 93.3 cm³/mol. The number of fused-ring (bicyclic) bond motifs is 1. The molecule has 0 amide bonds. The third-order valence-corrected chi connectivity index (χ3v) is 6.40. The summed E-state index contributed by atoms with van der Waals surface area (Å²) in [5, 5.41) is 3.37. The lowest BCUT2D eigenvalue weighted by molar-refractivity contribution is 0.174. The van der Waals surface area contributed by atoms with Crippen LogP contribution in [0.25, 0.3) is 0 Å². The van der Waals surface area contributed by atoms with Crippen molar-refractivity contribution in [1.82, 2.24) is 9.62 Å². The van der Waals surface area contributed by atoms with E-state index in [9.17, 15) is 8.42 Å². The van der Waals surface area contributed by atoms with Gasteiger partial charge in [0.2, 0.25) is 16.8 Å². The number of hydrogen-bond donors (Lipinski definition) is 1. The molecular weight excluding hydrogens is 330 g/mol. The largest absolute Gasteiger partial charge is 0.454 e. The number of benzene rings is 1. The Morgan fingerprint density at radius 2 is 1.92 bits per heavy atom. The van der Waals surface area contributed by atoms with Crippen molar-refractivity contribution in [2.24, 2.45) is 0 Å². The van der Waals surface area contributed by atoms with Crippen LogP contribution in [0.15, 0.2) is 18.2 Å². The summed E-state index contributed by atoms with van der Waals surface area (Å²) >= 11 is 0. The van der Waals surface area contributed by atoms with Gasteiger partial charge in [0.1, 0.15) is 0 Å². The summed E-state index contributed by atoms with van der Waals surface area (Å²) in [6.45, 7) is 2.67. The number of rotatable bonds is 6. The molecule has 8 heteroatoms. The molecule has 1 aromatic rings. The molecule has 1 aromatic carbocycles. The SMILES string of the molecule is CN(C)S(=O)(=O)CCNC1CCN(c2ccc3c(c2)OCO3)CC1. The predicted octanol–water partition coefficient (Wildman–Crippen LogP) is 0.865. The fraction of sp³-hybridized carbons (Fsp3) is 0.625. The maximum Gasteiger partial charge on any atom is 0.231 e. The molecule has 0 bridgehead atoms. The van der Waals surface area contributed by atoms with Crippen molar-refractivity contribution in [3.63, 3.8) is 0 Å². The zero-order chi connectivity index (χ0) is 17.2. The van der Waals surface area contributed by atoms with Gasteiger partial charge >= 0.3 is 0 Å². The Labute approximate surface area is 143 Å². The average Bonchev–Trinajstić information content (AvgIpc) is 3.03. The molecule has 3 rings (SSSR count). The Morgan fingerprint density at radius 1 is 1.21 bits per heavy atom. The first kappa shape index (κ1) is 17.3. The molecular formula is C16H25N3O4S. The smallest absolute Gasteiger partial charge is 0.231 e. The molecule has 0 aromatic heterocycles. The molecule has 1 fully saturated rings. The average molecular weight is 355 g/mol. The van der Waals surface area contributed by atoms with Crippen LogP contribution in [-0.4, -0.2) is 65.0 Å². The van der Waals surface area contributed by atoms with E-state index in [1.54, 1.807) is 14.1 Å². The monoisotopic (exact) mass is 355 g/mol. The second-order valence-corrected chi connectivity index (χ2v) is 8.65. The van der Waals surface area contributed by atoms with Crippen molar-refractivity contribution < 1.29 is 17.9 Å². The maximum absolute atomic E-state index is 11.8. The molecule has 2 aliphatic rings. The first-order valence-electron chi connectivity index (χ1n) is 8.24. The van der Waals surface area contributed by atoms with Gasteiger partial charge in [0.25, 0.3) is 0 Å². The molecule has 0 saturated carbocycles. The molecule has 134 valence electrons. The number of sulfonamides is 1. The van der Waals surface area contributed by atoms with Gasteiger partial charge < -0.3 is 19.7 Å². The highest BCUT2D eigenvalue weighted by atomic mass is 32.2. The van der Waals surface area contributed by atoms with Crippen molar-refractivity contribution >= 4 is 15.7 Å². The number of piperidine rings is 1. The summed E-state index contributed by atoms with van der Waals surface area (Å²) < 4.78 is 35.6. The number of ether oxygens (including phenoxy) is 2. The molecule has 2 aliphatic heterocycles. The summed E-state index contributed by atoms with van der Waals surface area (Å²) in [5.41, 5.74) is 1.15. The van der Waals surface area contributed by atoms with E-state index >= 15 is 0 Å². The summed E-state index contributed by atoms with van der Waals surface area (Å²) in [5.74, 6) is 1.75. The van der Waals surface area contributed by atoms with Crippen LogP contribution in [0.3, 0.4) is 0 Å². The Hall–Kier alpha value is -1.51. The lowest BCUT2D eigenvalue weighted by atomic mass is 10.0. The minimum absolute atomic E-state index is 0.141. The number of hydrogen-bond acceptors (Lipinski definition) is 6. The standard InChI is InChI=1S/C16H25N3O4S/c1-18(2)24(20,21)10-7-17-13-5-8-19(9-6-13)14-3-4-15-16(11-14)23-12-22-15/h3-4,11,13,17H,5-10,12H2,1-2H3. The quantitative estimate of drug-likeness (QED) is 0.816. The van der Waals surface area contributed by atoms with Crippen LogP contribution in [-0.2, 0) is 10.0 Å². The molecule has 0 radical (unpaired) electrons. The highest BCUT2D eigenvalue weighted by Gasteiger charge is 2.22. The first-order chi connectivity index (χ1) is 11.5. The van der Waals surface area contributed by atoms with E-state index < -0.39 is 10.0 Å². The van der Waals surface area contributed by atoms with Gasteiger partial charge in [0.05, 0.1) is 5.75 Å².